The van der Waals surface area contributed by atoms with Crippen LogP contribution in [0.4, 0.5) is 5.13 Å². The predicted molar refractivity (Wildman–Crippen MR) is 100 cm³/mol. The molecule has 0 bridgehead atoms. The van der Waals surface area contributed by atoms with Gasteiger partial charge in [-0.1, -0.05) is 23.7 Å². The highest BCUT2D eigenvalue weighted by Crippen LogP contribution is 2.37. The van der Waals surface area contributed by atoms with Gasteiger partial charge < -0.3 is 5.32 Å². The summed E-state index contributed by atoms with van der Waals surface area (Å²) >= 11 is 7.44. The first-order chi connectivity index (χ1) is 12.1. The van der Waals surface area contributed by atoms with Crippen LogP contribution in [-0.4, -0.2) is 20.7 Å². The SMILES string of the molecule is Cn1ncc2c1CCc1sc(NC(=O)CCc3ccc(Cl)cc3)nc1-2. The van der Waals surface area contributed by atoms with Crippen molar-refractivity contribution in [3.63, 3.8) is 0 Å². The van der Waals surface area contributed by atoms with E-state index < -0.39 is 0 Å². The normalized spacial score (nSPS) is 12.6. The molecule has 0 spiro atoms. The number of anilines is 1. The standard InChI is InChI=1S/C18H17ClN4OS/c1-23-14-7-8-15-17(13(14)10-20-23)22-18(25-15)21-16(24)9-4-11-2-5-12(19)6-3-11/h2-3,5-6,10H,4,7-9H2,1H3,(H,21,22,24). The molecule has 5 nitrogen and oxygen atoms in total. The van der Waals surface area contributed by atoms with Crippen molar-refractivity contribution in [1.82, 2.24) is 14.8 Å². The van der Waals surface area contributed by atoms with Crippen LogP contribution in [0.5, 0.6) is 0 Å². The topological polar surface area (TPSA) is 59.8 Å². The van der Waals surface area contributed by atoms with E-state index in [0.717, 1.165) is 29.7 Å². The number of carbonyl (C=O) groups is 1. The van der Waals surface area contributed by atoms with Gasteiger partial charge in [0, 0.05) is 34.6 Å². The summed E-state index contributed by atoms with van der Waals surface area (Å²) < 4.78 is 1.90. The number of hydrogen-bond donors (Lipinski definition) is 1. The van der Waals surface area contributed by atoms with E-state index in [0.29, 0.717) is 23.0 Å². The van der Waals surface area contributed by atoms with Gasteiger partial charge in [-0.05, 0) is 37.0 Å². The summed E-state index contributed by atoms with van der Waals surface area (Å²) in [5, 5.41) is 8.63. The molecule has 1 aliphatic carbocycles. The molecule has 0 radical (unpaired) electrons. The van der Waals surface area contributed by atoms with E-state index in [-0.39, 0.29) is 5.91 Å². The predicted octanol–water partition coefficient (Wildman–Crippen LogP) is 3.87. The van der Waals surface area contributed by atoms with Gasteiger partial charge in [-0.15, -0.1) is 11.3 Å². The Bertz CT molecular complexity index is 929. The van der Waals surface area contributed by atoms with Crippen LogP contribution >= 0.6 is 22.9 Å². The minimum atomic E-state index is -0.0209. The lowest BCUT2D eigenvalue weighted by molar-refractivity contribution is -0.116. The third-order valence-electron chi connectivity index (χ3n) is 4.40. The second-order valence-electron chi connectivity index (χ2n) is 6.09. The molecule has 1 aromatic carbocycles. The van der Waals surface area contributed by atoms with Gasteiger partial charge in [0.25, 0.3) is 0 Å². The lowest BCUT2D eigenvalue weighted by Gasteiger charge is -2.10. The number of thiazole rings is 1. The Kier molecular flexibility index (Phi) is 4.31. The number of carbonyl (C=O) groups excluding carboxylic acids is 1. The molecule has 0 fully saturated rings. The number of benzene rings is 1. The van der Waals surface area contributed by atoms with Crippen LogP contribution in [0.15, 0.2) is 30.5 Å². The summed E-state index contributed by atoms with van der Waals surface area (Å²) in [5.41, 5.74) is 4.35. The van der Waals surface area contributed by atoms with Gasteiger partial charge in [0.2, 0.25) is 5.91 Å². The van der Waals surface area contributed by atoms with Crippen molar-refractivity contribution in [1.29, 1.82) is 0 Å². The largest absolute Gasteiger partial charge is 0.302 e. The van der Waals surface area contributed by atoms with Crippen molar-refractivity contribution in [3.8, 4) is 11.3 Å². The minimum Gasteiger partial charge on any atom is -0.302 e. The van der Waals surface area contributed by atoms with Crippen molar-refractivity contribution in [3.05, 3.63) is 51.6 Å². The molecule has 7 heteroatoms. The Hall–Kier alpha value is -2.18. The molecule has 2 heterocycles. The second-order valence-corrected chi connectivity index (χ2v) is 7.61. The number of halogens is 1. The molecule has 4 rings (SSSR count). The van der Waals surface area contributed by atoms with Crippen LogP contribution in [0.3, 0.4) is 0 Å². The van der Waals surface area contributed by atoms with E-state index in [4.69, 9.17) is 11.6 Å². The zero-order valence-corrected chi connectivity index (χ0v) is 15.3. The van der Waals surface area contributed by atoms with Crippen molar-refractivity contribution in [2.75, 3.05) is 5.32 Å². The van der Waals surface area contributed by atoms with E-state index in [1.54, 1.807) is 11.3 Å². The molecule has 25 heavy (non-hydrogen) atoms. The minimum absolute atomic E-state index is 0.0209. The van der Waals surface area contributed by atoms with E-state index in [9.17, 15) is 4.79 Å². The quantitative estimate of drug-likeness (QED) is 0.756. The van der Waals surface area contributed by atoms with Gasteiger partial charge in [0.1, 0.15) is 0 Å². The molecular formula is C18H17ClN4OS. The molecule has 1 N–H and O–H groups in total. The Morgan fingerprint density at radius 3 is 2.92 bits per heavy atom. The maximum Gasteiger partial charge on any atom is 0.226 e. The number of nitrogens with zero attached hydrogens (tertiary/aromatic N) is 3. The Morgan fingerprint density at radius 2 is 2.12 bits per heavy atom. The maximum absolute atomic E-state index is 12.2. The number of nitrogens with one attached hydrogen (secondary N) is 1. The van der Waals surface area contributed by atoms with Crippen molar-refractivity contribution in [2.24, 2.45) is 7.05 Å². The smallest absolute Gasteiger partial charge is 0.226 e. The van der Waals surface area contributed by atoms with E-state index in [1.165, 1.54) is 10.6 Å². The molecule has 0 unspecified atom stereocenters. The number of aromatic nitrogens is 3. The molecule has 3 aromatic rings. The lowest BCUT2D eigenvalue weighted by atomic mass is 10.0. The average Bonchev–Trinajstić information content (AvgIpc) is 3.17. The second kappa shape index (κ2) is 6.61. The van der Waals surface area contributed by atoms with E-state index in [2.05, 4.69) is 15.4 Å². The summed E-state index contributed by atoms with van der Waals surface area (Å²) in [4.78, 5) is 18.1. The molecule has 128 valence electrons. The van der Waals surface area contributed by atoms with Crippen LogP contribution < -0.4 is 5.32 Å². The lowest BCUT2D eigenvalue weighted by Crippen LogP contribution is -2.12. The Morgan fingerprint density at radius 1 is 1.32 bits per heavy atom. The first-order valence-corrected chi connectivity index (χ1v) is 9.35. The zero-order chi connectivity index (χ0) is 17.4. The molecule has 0 saturated heterocycles. The highest BCUT2D eigenvalue weighted by molar-refractivity contribution is 7.16. The third kappa shape index (κ3) is 3.32. The molecule has 2 aromatic heterocycles. The first kappa shape index (κ1) is 16.3. The van der Waals surface area contributed by atoms with Gasteiger partial charge in [-0.3, -0.25) is 9.48 Å². The third-order valence-corrected chi connectivity index (χ3v) is 5.69. The van der Waals surface area contributed by atoms with E-state index >= 15 is 0 Å². The maximum atomic E-state index is 12.2. The Labute approximate surface area is 154 Å². The summed E-state index contributed by atoms with van der Waals surface area (Å²) in [6.45, 7) is 0. The van der Waals surface area contributed by atoms with E-state index in [1.807, 2.05) is 42.2 Å². The van der Waals surface area contributed by atoms with Crippen LogP contribution in [-0.2, 0) is 31.1 Å². The summed E-state index contributed by atoms with van der Waals surface area (Å²) in [6, 6.07) is 7.58. The van der Waals surface area contributed by atoms with Crippen LogP contribution in [0.2, 0.25) is 5.02 Å². The molecule has 1 amide bonds. The van der Waals surface area contributed by atoms with Crippen LogP contribution in [0.1, 0.15) is 22.6 Å². The van der Waals surface area contributed by atoms with Gasteiger partial charge in [0.05, 0.1) is 11.9 Å². The number of fused-ring (bicyclic) bond motifs is 3. The molecule has 1 aliphatic rings. The highest BCUT2D eigenvalue weighted by atomic mass is 35.5. The molecule has 0 aliphatic heterocycles. The number of rotatable bonds is 4. The summed E-state index contributed by atoms with van der Waals surface area (Å²) in [5.74, 6) is -0.0209. The van der Waals surface area contributed by atoms with Gasteiger partial charge in [0.15, 0.2) is 5.13 Å². The Balaban J connectivity index is 1.43. The number of amides is 1. The fourth-order valence-electron chi connectivity index (χ4n) is 3.06. The zero-order valence-electron chi connectivity index (χ0n) is 13.8. The van der Waals surface area contributed by atoms with Crippen LogP contribution in [0.25, 0.3) is 11.3 Å². The van der Waals surface area contributed by atoms with Crippen molar-refractivity contribution >= 4 is 34.0 Å². The van der Waals surface area contributed by atoms with Gasteiger partial charge in [-0.2, -0.15) is 5.10 Å². The summed E-state index contributed by atoms with van der Waals surface area (Å²) in [6.07, 6.45) is 4.87. The summed E-state index contributed by atoms with van der Waals surface area (Å²) in [7, 11) is 1.95. The van der Waals surface area contributed by atoms with Gasteiger partial charge in [-0.25, -0.2) is 4.98 Å². The van der Waals surface area contributed by atoms with Gasteiger partial charge >= 0.3 is 0 Å². The molecular weight excluding hydrogens is 356 g/mol. The van der Waals surface area contributed by atoms with Crippen molar-refractivity contribution < 1.29 is 4.79 Å². The number of aryl methyl sites for hydroxylation is 3. The molecule has 0 saturated carbocycles. The fourth-order valence-corrected chi connectivity index (χ4v) is 4.18. The van der Waals surface area contributed by atoms with Crippen molar-refractivity contribution in [2.45, 2.75) is 25.7 Å². The molecule has 0 atom stereocenters. The average molecular weight is 373 g/mol. The first-order valence-electron chi connectivity index (χ1n) is 8.15. The fraction of sp³-hybridized carbons (Fsp3) is 0.278. The highest BCUT2D eigenvalue weighted by Gasteiger charge is 2.24. The monoisotopic (exact) mass is 372 g/mol. The number of hydrogen-bond acceptors (Lipinski definition) is 4. The van der Waals surface area contributed by atoms with Crippen LogP contribution in [0, 0.1) is 0 Å².